The quantitative estimate of drug-likeness (QED) is 0.871. The van der Waals surface area contributed by atoms with E-state index in [1.54, 1.807) is 0 Å². The normalized spacial score (nSPS) is 29.5. The van der Waals surface area contributed by atoms with Crippen molar-refractivity contribution >= 4 is 5.97 Å². The fourth-order valence-corrected chi connectivity index (χ4v) is 2.75. The van der Waals surface area contributed by atoms with Crippen LogP contribution in [-0.4, -0.2) is 25.8 Å². The molecule has 1 aliphatic carbocycles. The summed E-state index contributed by atoms with van der Waals surface area (Å²) in [5.41, 5.74) is -0.873. The van der Waals surface area contributed by atoms with E-state index in [4.69, 9.17) is 0 Å². The third-order valence-corrected chi connectivity index (χ3v) is 4.06. The van der Waals surface area contributed by atoms with Gasteiger partial charge in [-0.2, -0.15) is 5.10 Å². The van der Waals surface area contributed by atoms with Gasteiger partial charge in [0.2, 0.25) is 0 Å². The van der Waals surface area contributed by atoms with Crippen molar-refractivity contribution in [3.63, 3.8) is 0 Å². The van der Waals surface area contributed by atoms with Gasteiger partial charge in [-0.15, -0.1) is 0 Å². The van der Waals surface area contributed by atoms with Crippen molar-refractivity contribution < 1.29 is 9.90 Å². The van der Waals surface area contributed by atoms with E-state index in [1.807, 2.05) is 0 Å². The van der Waals surface area contributed by atoms with Gasteiger partial charge >= 0.3 is 5.97 Å². The Bertz CT molecular complexity index is 378. The molecule has 0 aromatic carbocycles. The SMILES string of the molecule is CC(C)C1CCC(C(=O)O)(n2cncn2)CC1. The van der Waals surface area contributed by atoms with Gasteiger partial charge in [0.15, 0.2) is 5.54 Å². The summed E-state index contributed by atoms with van der Waals surface area (Å²) >= 11 is 0. The monoisotopic (exact) mass is 237 g/mol. The molecule has 5 heteroatoms. The first kappa shape index (κ1) is 12.1. The summed E-state index contributed by atoms with van der Waals surface area (Å²) in [4.78, 5) is 15.4. The van der Waals surface area contributed by atoms with Crippen molar-refractivity contribution in [2.45, 2.75) is 45.1 Å². The maximum atomic E-state index is 11.6. The van der Waals surface area contributed by atoms with Crippen LogP contribution in [0.4, 0.5) is 0 Å². The summed E-state index contributed by atoms with van der Waals surface area (Å²) in [6.45, 7) is 4.40. The highest BCUT2D eigenvalue weighted by Crippen LogP contribution is 2.40. The average Bonchev–Trinajstić information content (AvgIpc) is 2.82. The molecule has 0 aliphatic heterocycles. The van der Waals surface area contributed by atoms with Crippen LogP contribution < -0.4 is 0 Å². The highest BCUT2D eigenvalue weighted by Gasteiger charge is 2.44. The fraction of sp³-hybridized carbons (Fsp3) is 0.750. The smallest absolute Gasteiger partial charge is 0.331 e. The lowest BCUT2D eigenvalue weighted by atomic mass is 9.73. The maximum Gasteiger partial charge on any atom is 0.331 e. The molecular weight excluding hydrogens is 218 g/mol. The van der Waals surface area contributed by atoms with Gasteiger partial charge in [-0.1, -0.05) is 13.8 Å². The third-order valence-electron chi connectivity index (χ3n) is 4.06. The second-order valence-electron chi connectivity index (χ2n) is 5.26. The van der Waals surface area contributed by atoms with Crippen molar-refractivity contribution in [1.29, 1.82) is 0 Å². The van der Waals surface area contributed by atoms with Gasteiger partial charge in [-0.3, -0.25) is 0 Å². The zero-order valence-electron chi connectivity index (χ0n) is 10.3. The van der Waals surface area contributed by atoms with E-state index in [2.05, 4.69) is 23.9 Å². The molecule has 5 nitrogen and oxygen atoms in total. The lowest BCUT2D eigenvalue weighted by Crippen LogP contribution is -2.45. The molecule has 1 aromatic heterocycles. The first-order valence-corrected chi connectivity index (χ1v) is 6.15. The van der Waals surface area contributed by atoms with Crippen LogP contribution in [0.15, 0.2) is 12.7 Å². The topological polar surface area (TPSA) is 68.0 Å². The summed E-state index contributed by atoms with van der Waals surface area (Å²) in [6, 6.07) is 0. The van der Waals surface area contributed by atoms with Gasteiger partial charge in [0.1, 0.15) is 12.7 Å². The molecule has 0 amide bonds. The number of carbonyl (C=O) groups is 1. The molecule has 1 N–H and O–H groups in total. The Morgan fingerprint density at radius 2 is 2.12 bits per heavy atom. The zero-order valence-corrected chi connectivity index (χ0v) is 10.3. The van der Waals surface area contributed by atoms with Crippen molar-refractivity contribution in [3.05, 3.63) is 12.7 Å². The van der Waals surface area contributed by atoms with Crippen molar-refractivity contribution in [1.82, 2.24) is 14.8 Å². The Labute approximate surface area is 101 Å². The number of hydrogen-bond acceptors (Lipinski definition) is 3. The fourth-order valence-electron chi connectivity index (χ4n) is 2.75. The van der Waals surface area contributed by atoms with Crippen LogP contribution in [0.5, 0.6) is 0 Å². The van der Waals surface area contributed by atoms with Crippen LogP contribution in [0, 0.1) is 11.8 Å². The Morgan fingerprint density at radius 3 is 2.53 bits per heavy atom. The first-order valence-electron chi connectivity index (χ1n) is 6.15. The minimum atomic E-state index is -0.873. The van der Waals surface area contributed by atoms with Crippen LogP contribution >= 0.6 is 0 Å². The number of hydrogen-bond donors (Lipinski definition) is 1. The Balaban J connectivity index is 2.20. The number of aliphatic carboxylic acids is 1. The lowest BCUT2D eigenvalue weighted by Gasteiger charge is -2.37. The number of nitrogens with zero attached hydrogens (tertiary/aromatic N) is 3. The molecule has 17 heavy (non-hydrogen) atoms. The maximum absolute atomic E-state index is 11.6. The summed E-state index contributed by atoms with van der Waals surface area (Å²) in [5.74, 6) is 0.466. The second kappa shape index (κ2) is 4.47. The summed E-state index contributed by atoms with van der Waals surface area (Å²) < 4.78 is 1.52. The van der Waals surface area contributed by atoms with Gasteiger partial charge in [-0.05, 0) is 37.5 Å². The molecule has 2 rings (SSSR count). The minimum absolute atomic E-state index is 0.623. The van der Waals surface area contributed by atoms with E-state index in [1.165, 1.54) is 17.3 Å². The highest BCUT2D eigenvalue weighted by molar-refractivity contribution is 5.76. The van der Waals surface area contributed by atoms with E-state index in [-0.39, 0.29) is 0 Å². The second-order valence-corrected chi connectivity index (χ2v) is 5.26. The number of aromatic nitrogens is 3. The molecule has 0 saturated heterocycles. The molecule has 0 atom stereocenters. The van der Waals surface area contributed by atoms with Crippen LogP contribution in [0.3, 0.4) is 0 Å². The molecule has 1 saturated carbocycles. The summed E-state index contributed by atoms with van der Waals surface area (Å²) in [7, 11) is 0. The third kappa shape index (κ3) is 2.06. The molecule has 0 bridgehead atoms. The standard InChI is InChI=1S/C12H19N3O2/c1-9(2)10-3-5-12(6-4-10,11(16)17)15-8-13-7-14-15/h7-10H,3-6H2,1-2H3,(H,16,17). The molecule has 1 fully saturated rings. The average molecular weight is 237 g/mol. The molecular formula is C12H19N3O2. The molecule has 0 radical (unpaired) electrons. The van der Waals surface area contributed by atoms with Gasteiger partial charge < -0.3 is 5.11 Å². The molecule has 1 heterocycles. The largest absolute Gasteiger partial charge is 0.479 e. The van der Waals surface area contributed by atoms with Crippen LogP contribution in [-0.2, 0) is 10.3 Å². The van der Waals surface area contributed by atoms with Gasteiger partial charge in [0, 0.05) is 0 Å². The van der Waals surface area contributed by atoms with Crippen LogP contribution in [0.1, 0.15) is 39.5 Å². The van der Waals surface area contributed by atoms with E-state index in [0.29, 0.717) is 24.7 Å². The molecule has 0 unspecified atom stereocenters. The Hall–Kier alpha value is -1.39. The molecule has 1 aromatic rings. The Morgan fingerprint density at radius 1 is 1.47 bits per heavy atom. The Kier molecular flexibility index (Phi) is 3.17. The highest BCUT2D eigenvalue weighted by atomic mass is 16.4. The number of rotatable bonds is 3. The van der Waals surface area contributed by atoms with E-state index in [0.717, 1.165) is 12.8 Å². The molecule has 1 aliphatic rings. The van der Waals surface area contributed by atoms with Gasteiger partial charge in [-0.25, -0.2) is 14.5 Å². The van der Waals surface area contributed by atoms with Crippen LogP contribution in [0.25, 0.3) is 0 Å². The number of carboxylic acids is 1. The summed E-state index contributed by atoms with van der Waals surface area (Å²) in [6.07, 6.45) is 6.11. The predicted molar refractivity (Wildman–Crippen MR) is 62.4 cm³/mol. The molecule has 94 valence electrons. The van der Waals surface area contributed by atoms with Crippen molar-refractivity contribution in [3.8, 4) is 0 Å². The van der Waals surface area contributed by atoms with Gasteiger partial charge in [0.25, 0.3) is 0 Å². The van der Waals surface area contributed by atoms with E-state index < -0.39 is 11.5 Å². The number of carboxylic acid groups (broad SMARTS) is 1. The zero-order chi connectivity index (χ0) is 12.5. The van der Waals surface area contributed by atoms with Crippen molar-refractivity contribution in [2.75, 3.05) is 0 Å². The first-order chi connectivity index (χ1) is 8.06. The van der Waals surface area contributed by atoms with Crippen molar-refractivity contribution in [2.24, 2.45) is 11.8 Å². The molecule has 0 spiro atoms. The minimum Gasteiger partial charge on any atom is -0.479 e. The van der Waals surface area contributed by atoms with Crippen LogP contribution in [0.2, 0.25) is 0 Å². The van der Waals surface area contributed by atoms with E-state index >= 15 is 0 Å². The lowest BCUT2D eigenvalue weighted by molar-refractivity contribution is -0.151. The predicted octanol–water partition coefficient (Wildman–Crippen LogP) is 1.90. The van der Waals surface area contributed by atoms with Gasteiger partial charge in [0.05, 0.1) is 0 Å². The summed E-state index contributed by atoms with van der Waals surface area (Å²) in [5, 5.41) is 13.5. The van der Waals surface area contributed by atoms with E-state index in [9.17, 15) is 9.90 Å².